The van der Waals surface area contributed by atoms with Gasteiger partial charge in [0.25, 0.3) is 5.91 Å². The molecule has 31 heavy (non-hydrogen) atoms. The second-order valence-corrected chi connectivity index (χ2v) is 7.94. The molecule has 162 valence electrons. The highest BCUT2D eigenvalue weighted by molar-refractivity contribution is 5.98. The lowest BCUT2D eigenvalue weighted by atomic mass is 10.1. The molecule has 0 unspecified atom stereocenters. The van der Waals surface area contributed by atoms with Gasteiger partial charge in [-0.15, -0.1) is 0 Å². The molecule has 8 nitrogen and oxygen atoms in total. The van der Waals surface area contributed by atoms with Crippen LogP contribution in [0.3, 0.4) is 0 Å². The predicted molar refractivity (Wildman–Crippen MR) is 121 cm³/mol. The first-order valence-corrected chi connectivity index (χ1v) is 10.4. The van der Waals surface area contributed by atoms with Crippen molar-refractivity contribution in [3.8, 4) is 5.75 Å². The number of phenolic OH excluding ortho intramolecular Hbond substituents is 1. The summed E-state index contributed by atoms with van der Waals surface area (Å²) in [4.78, 5) is 16.8. The van der Waals surface area contributed by atoms with Gasteiger partial charge in [-0.2, -0.15) is 5.10 Å². The van der Waals surface area contributed by atoms with Gasteiger partial charge in [0.2, 0.25) is 0 Å². The molecule has 0 radical (unpaired) electrons. The smallest absolute Gasteiger partial charge is 0.254 e. The summed E-state index contributed by atoms with van der Waals surface area (Å²) in [5.41, 5.74) is 9.97. The fraction of sp³-hybridized carbons (Fsp3) is 0.304. The third-order valence-electron chi connectivity index (χ3n) is 5.67. The second kappa shape index (κ2) is 9.09. The van der Waals surface area contributed by atoms with E-state index in [1.165, 1.54) is 5.69 Å². The van der Waals surface area contributed by atoms with E-state index in [9.17, 15) is 9.90 Å². The topological polar surface area (TPSA) is 111 Å². The fourth-order valence-electron chi connectivity index (χ4n) is 3.79. The van der Waals surface area contributed by atoms with Crippen LogP contribution in [0.15, 0.2) is 48.5 Å². The standard InChI is InChI=1S/C23H28N6O2/c1-28-10-12-29(13-11-28)18-6-2-16(3-7-18)14-20-21(22(24)31)23(27-26-20)25-15-17-4-8-19(30)9-5-17/h2-9,30H,10-15H2,1H3,(H2,24,31)(H2,25,26,27). The molecule has 5 N–H and O–H groups in total. The summed E-state index contributed by atoms with van der Waals surface area (Å²) in [7, 11) is 2.15. The quantitative estimate of drug-likeness (QED) is 0.466. The Kier molecular flexibility index (Phi) is 6.08. The Labute approximate surface area is 181 Å². The van der Waals surface area contributed by atoms with Gasteiger partial charge in [-0.1, -0.05) is 24.3 Å². The minimum Gasteiger partial charge on any atom is -0.508 e. The number of carbonyl (C=O) groups excluding carboxylic acids is 1. The molecule has 0 aliphatic carbocycles. The average molecular weight is 421 g/mol. The van der Waals surface area contributed by atoms with Gasteiger partial charge in [0.05, 0.1) is 5.69 Å². The number of aromatic hydroxyl groups is 1. The van der Waals surface area contributed by atoms with Crippen molar-refractivity contribution in [3.05, 3.63) is 70.9 Å². The molecule has 2 aromatic carbocycles. The summed E-state index contributed by atoms with van der Waals surface area (Å²) in [6, 6.07) is 15.3. The van der Waals surface area contributed by atoms with Gasteiger partial charge in [0.15, 0.2) is 5.82 Å². The van der Waals surface area contributed by atoms with Crippen molar-refractivity contribution in [3.63, 3.8) is 0 Å². The summed E-state index contributed by atoms with van der Waals surface area (Å²) in [6.07, 6.45) is 0.537. The highest BCUT2D eigenvalue weighted by Gasteiger charge is 2.19. The number of likely N-dealkylation sites (N-methyl/N-ethyl adjacent to an activating group) is 1. The van der Waals surface area contributed by atoms with Gasteiger partial charge < -0.3 is 26.0 Å². The van der Waals surface area contributed by atoms with Crippen LogP contribution in [0.4, 0.5) is 11.5 Å². The molecule has 1 fully saturated rings. The van der Waals surface area contributed by atoms with Crippen molar-refractivity contribution in [1.29, 1.82) is 0 Å². The average Bonchev–Trinajstić information content (AvgIpc) is 3.17. The Morgan fingerprint density at radius 1 is 1.06 bits per heavy atom. The third-order valence-corrected chi connectivity index (χ3v) is 5.67. The van der Waals surface area contributed by atoms with E-state index in [0.717, 1.165) is 37.3 Å². The van der Waals surface area contributed by atoms with Crippen LogP contribution < -0.4 is 16.0 Å². The number of hydrogen-bond acceptors (Lipinski definition) is 6. The molecule has 1 saturated heterocycles. The number of aromatic amines is 1. The molecule has 2 heterocycles. The number of primary amides is 1. The molecule has 0 spiro atoms. The van der Waals surface area contributed by atoms with E-state index < -0.39 is 5.91 Å². The van der Waals surface area contributed by atoms with Gasteiger partial charge >= 0.3 is 0 Å². The van der Waals surface area contributed by atoms with E-state index in [1.807, 2.05) is 12.1 Å². The molecule has 0 bridgehead atoms. The van der Waals surface area contributed by atoms with Gasteiger partial charge in [0.1, 0.15) is 11.3 Å². The van der Waals surface area contributed by atoms with Crippen molar-refractivity contribution < 1.29 is 9.90 Å². The largest absolute Gasteiger partial charge is 0.508 e. The number of nitrogens with two attached hydrogens (primary N) is 1. The van der Waals surface area contributed by atoms with Gasteiger partial charge in [-0.3, -0.25) is 9.89 Å². The van der Waals surface area contributed by atoms with Crippen LogP contribution in [0.25, 0.3) is 0 Å². The maximum Gasteiger partial charge on any atom is 0.254 e. The van der Waals surface area contributed by atoms with Crippen LogP contribution in [-0.4, -0.2) is 59.3 Å². The van der Waals surface area contributed by atoms with E-state index in [2.05, 4.69) is 56.6 Å². The Bertz CT molecular complexity index is 1020. The van der Waals surface area contributed by atoms with E-state index >= 15 is 0 Å². The number of rotatable bonds is 7. The van der Waals surface area contributed by atoms with Crippen LogP contribution >= 0.6 is 0 Å². The first kappa shape index (κ1) is 20.7. The van der Waals surface area contributed by atoms with Crippen molar-refractivity contribution in [2.75, 3.05) is 43.4 Å². The summed E-state index contributed by atoms with van der Waals surface area (Å²) >= 11 is 0. The number of nitrogens with zero attached hydrogens (tertiary/aromatic N) is 3. The molecular weight excluding hydrogens is 392 g/mol. The predicted octanol–water partition coefficient (Wildman–Crippen LogP) is 2.17. The van der Waals surface area contributed by atoms with E-state index in [4.69, 9.17) is 5.73 Å². The molecule has 1 aromatic heterocycles. The normalized spacial score (nSPS) is 14.5. The minimum atomic E-state index is -0.522. The Hall–Kier alpha value is -3.52. The second-order valence-electron chi connectivity index (χ2n) is 7.94. The maximum absolute atomic E-state index is 12.1. The van der Waals surface area contributed by atoms with Crippen molar-refractivity contribution in [1.82, 2.24) is 15.1 Å². The first-order valence-electron chi connectivity index (χ1n) is 10.4. The van der Waals surface area contributed by atoms with Crippen LogP contribution in [0.5, 0.6) is 5.75 Å². The lowest BCUT2D eigenvalue weighted by molar-refractivity contribution is 0.100. The van der Waals surface area contributed by atoms with Gasteiger partial charge in [-0.25, -0.2) is 0 Å². The lowest BCUT2D eigenvalue weighted by Crippen LogP contribution is -2.44. The number of piperazine rings is 1. The van der Waals surface area contributed by atoms with Gasteiger partial charge in [-0.05, 0) is 42.4 Å². The molecule has 3 aromatic rings. The number of hydrogen-bond donors (Lipinski definition) is 4. The molecule has 4 rings (SSSR count). The Morgan fingerprint density at radius 2 is 1.71 bits per heavy atom. The zero-order valence-electron chi connectivity index (χ0n) is 17.6. The molecule has 0 atom stereocenters. The number of benzene rings is 2. The summed E-state index contributed by atoms with van der Waals surface area (Å²) in [6.45, 7) is 4.65. The fourth-order valence-corrected chi connectivity index (χ4v) is 3.79. The highest BCUT2D eigenvalue weighted by atomic mass is 16.3. The van der Waals surface area contributed by atoms with Crippen molar-refractivity contribution in [2.24, 2.45) is 5.73 Å². The Balaban J connectivity index is 1.44. The molecule has 1 amide bonds. The van der Waals surface area contributed by atoms with E-state index in [-0.39, 0.29) is 5.75 Å². The highest BCUT2D eigenvalue weighted by Crippen LogP contribution is 2.23. The lowest BCUT2D eigenvalue weighted by Gasteiger charge is -2.34. The van der Waals surface area contributed by atoms with Crippen LogP contribution in [0.2, 0.25) is 0 Å². The van der Waals surface area contributed by atoms with Crippen LogP contribution in [0.1, 0.15) is 27.2 Å². The number of phenols is 1. The Morgan fingerprint density at radius 3 is 2.35 bits per heavy atom. The third kappa shape index (κ3) is 4.97. The SMILES string of the molecule is CN1CCN(c2ccc(Cc3[nH]nc(NCc4ccc(O)cc4)c3C(N)=O)cc2)CC1. The molecular formula is C23H28N6O2. The number of anilines is 2. The summed E-state index contributed by atoms with van der Waals surface area (Å²) < 4.78 is 0. The summed E-state index contributed by atoms with van der Waals surface area (Å²) in [5.74, 6) is 0.123. The molecule has 8 heteroatoms. The number of H-pyrrole nitrogens is 1. The van der Waals surface area contributed by atoms with Crippen LogP contribution in [0, 0.1) is 0 Å². The number of amides is 1. The monoisotopic (exact) mass is 420 g/mol. The number of aromatic nitrogens is 2. The molecule has 0 saturated carbocycles. The van der Waals surface area contributed by atoms with Crippen molar-refractivity contribution in [2.45, 2.75) is 13.0 Å². The number of nitrogens with one attached hydrogen (secondary N) is 2. The van der Waals surface area contributed by atoms with Gasteiger partial charge in [0, 0.05) is 44.8 Å². The number of carbonyl (C=O) groups is 1. The first-order chi connectivity index (χ1) is 15.0. The molecule has 1 aliphatic heterocycles. The van der Waals surface area contributed by atoms with E-state index in [0.29, 0.717) is 30.0 Å². The van der Waals surface area contributed by atoms with Crippen molar-refractivity contribution >= 4 is 17.4 Å². The zero-order chi connectivity index (χ0) is 21.8. The van der Waals surface area contributed by atoms with E-state index in [1.54, 1.807) is 12.1 Å². The zero-order valence-corrected chi connectivity index (χ0v) is 17.6. The maximum atomic E-state index is 12.1. The van der Waals surface area contributed by atoms with Crippen LogP contribution in [-0.2, 0) is 13.0 Å². The summed E-state index contributed by atoms with van der Waals surface area (Å²) in [5, 5.41) is 19.8. The minimum absolute atomic E-state index is 0.210. The molecule has 1 aliphatic rings.